The molecule has 1 unspecified atom stereocenters. The fraction of sp³-hybridized carbons (Fsp3) is 0.857. The second-order valence-corrected chi connectivity index (χ2v) is 7.01. The summed E-state index contributed by atoms with van der Waals surface area (Å²) in [4.78, 5) is 4.59. The van der Waals surface area contributed by atoms with Crippen molar-refractivity contribution in [1.82, 2.24) is 15.5 Å². The van der Waals surface area contributed by atoms with Crippen molar-refractivity contribution in [2.75, 3.05) is 24.6 Å². The van der Waals surface area contributed by atoms with E-state index in [1.54, 1.807) is 0 Å². The third-order valence-corrected chi connectivity index (χ3v) is 5.23. The monoisotopic (exact) mass is 281 g/mol. The first-order valence-corrected chi connectivity index (χ1v) is 8.65. The Labute approximate surface area is 119 Å². The summed E-state index contributed by atoms with van der Waals surface area (Å²) in [6, 6.07) is 0. The summed E-state index contributed by atoms with van der Waals surface area (Å²) in [7, 11) is 0. The zero-order valence-electron chi connectivity index (χ0n) is 11.4. The standard InChI is InChI=1S/C14H23N3OS/c1-2-12(10-15-5-1)8-13-16-14(18-17-13)9-11-3-6-19-7-4-11/h11-12,15H,1-10H2. The smallest absolute Gasteiger partial charge is 0.226 e. The zero-order valence-corrected chi connectivity index (χ0v) is 12.3. The van der Waals surface area contributed by atoms with Crippen LogP contribution in [0.25, 0.3) is 0 Å². The molecular formula is C14H23N3OS. The highest BCUT2D eigenvalue weighted by atomic mass is 32.2. The van der Waals surface area contributed by atoms with Gasteiger partial charge in [0.25, 0.3) is 0 Å². The predicted octanol–water partition coefficient (Wildman–Crippen LogP) is 2.30. The van der Waals surface area contributed by atoms with Gasteiger partial charge in [-0.25, -0.2) is 0 Å². The lowest BCUT2D eigenvalue weighted by Crippen LogP contribution is -2.31. The molecule has 3 rings (SSSR count). The van der Waals surface area contributed by atoms with Crippen molar-refractivity contribution in [2.45, 2.75) is 38.5 Å². The minimum Gasteiger partial charge on any atom is -0.339 e. The number of piperidine rings is 1. The van der Waals surface area contributed by atoms with Crippen molar-refractivity contribution < 1.29 is 4.52 Å². The van der Waals surface area contributed by atoms with Gasteiger partial charge in [0, 0.05) is 12.8 Å². The van der Waals surface area contributed by atoms with Crippen LogP contribution < -0.4 is 5.32 Å². The summed E-state index contributed by atoms with van der Waals surface area (Å²) in [5.74, 6) is 5.79. The molecule has 0 amide bonds. The molecule has 0 saturated carbocycles. The molecule has 2 fully saturated rings. The summed E-state index contributed by atoms with van der Waals surface area (Å²) >= 11 is 2.06. The summed E-state index contributed by atoms with van der Waals surface area (Å²) < 4.78 is 5.42. The molecule has 1 N–H and O–H groups in total. The van der Waals surface area contributed by atoms with Crippen molar-refractivity contribution in [2.24, 2.45) is 11.8 Å². The summed E-state index contributed by atoms with van der Waals surface area (Å²) in [5, 5.41) is 7.60. The molecule has 0 bridgehead atoms. The first kappa shape index (κ1) is 13.4. The van der Waals surface area contributed by atoms with Crippen molar-refractivity contribution in [1.29, 1.82) is 0 Å². The van der Waals surface area contributed by atoms with Gasteiger partial charge in [0.15, 0.2) is 5.82 Å². The van der Waals surface area contributed by atoms with Gasteiger partial charge >= 0.3 is 0 Å². The predicted molar refractivity (Wildman–Crippen MR) is 77.3 cm³/mol. The van der Waals surface area contributed by atoms with Gasteiger partial charge in [-0.1, -0.05) is 5.16 Å². The summed E-state index contributed by atoms with van der Waals surface area (Å²) in [5.41, 5.74) is 0. The molecule has 3 heterocycles. The van der Waals surface area contributed by atoms with Crippen molar-refractivity contribution in [3.63, 3.8) is 0 Å². The lowest BCUT2D eigenvalue weighted by atomic mass is 9.96. The highest BCUT2D eigenvalue weighted by Gasteiger charge is 2.20. The Bertz CT molecular complexity index is 349. The van der Waals surface area contributed by atoms with E-state index >= 15 is 0 Å². The Balaban J connectivity index is 1.50. The summed E-state index contributed by atoms with van der Waals surface area (Å²) in [6.45, 7) is 2.26. The summed E-state index contributed by atoms with van der Waals surface area (Å²) in [6.07, 6.45) is 7.11. The van der Waals surface area contributed by atoms with Crippen LogP contribution >= 0.6 is 11.8 Å². The molecule has 0 aliphatic carbocycles. The van der Waals surface area contributed by atoms with E-state index in [-0.39, 0.29) is 0 Å². The molecule has 0 radical (unpaired) electrons. The molecule has 1 aromatic heterocycles. The fourth-order valence-corrected chi connectivity index (χ4v) is 4.21. The topological polar surface area (TPSA) is 51.0 Å². The van der Waals surface area contributed by atoms with Crippen LogP contribution in [0.4, 0.5) is 0 Å². The van der Waals surface area contributed by atoms with Gasteiger partial charge in [-0.15, -0.1) is 0 Å². The maximum atomic E-state index is 5.42. The van der Waals surface area contributed by atoms with Crippen molar-refractivity contribution in [3.8, 4) is 0 Å². The van der Waals surface area contributed by atoms with Crippen LogP contribution in [0, 0.1) is 11.8 Å². The zero-order chi connectivity index (χ0) is 12.9. The number of aromatic nitrogens is 2. The SMILES string of the molecule is C1CNCC(Cc2noc(CC3CCSCC3)n2)C1. The van der Waals surface area contributed by atoms with E-state index in [1.807, 2.05) is 0 Å². The quantitative estimate of drug-likeness (QED) is 0.917. The van der Waals surface area contributed by atoms with Gasteiger partial charge in [-0.3, -0.25) is 0 Å². The normalized spacial score (nSPS) is 25.6. The second-order valence-electron chi connectivity index (χ2n) is 5.78. The van der Waals surface area contributed by atoms with E-state index in [4.69, 9.17) is 4.52 Å². The van der Waals surface area contributed by atoms with Crippen molar-refractivity contribution >= 4 is 11.8 Å². The average molecular weight is 281 g/mol. The third-order valence-electron chi connectivity index (χ3n) is 4.18. The number of thioether (sulfide) groups is 1. The largest absolute Gasteiger partial charge is 0.339 e. The fourth-order valence-electron chi connectivity index (χ4n) is 3.01. The van der Waals surface area contributed by atoms with Gasteiger partial charge in [0.05, 0.1) is 0 Å². The maximum absolute atomic E-state index is 5.42. The van der Waals surface area contributed by atoms with E-state index in [1.165, 1.54) is 37.2 Å². The van der Waals surface area contributed by atoms with Crippen molar-refractivity contribution in [3.05, 3.63) is 11.7 Å². The van der Waals surface area contributed by atoms with Crippen LogP contribution in [0.5, 0.6) is 0 Å². The highest BCUT2D eigenvalue weighted by Crippen LogP contribution is 2.25. The Morgan fingerprint density at radius 3 is 2.84 bits per heavy atom. The van der Waals surface area contributed by atoms with Crippen LogP contribution in [0.15, 0.2) is 4.52 Å². The van der Waals surface area contributed by atoms with E-state index in [2.05, 4.69) is 27.2 Å². The maximum Gasteiger partial charge on any atom is 0.226 e. The van der Waals surface area contributed by atoms with E-state index in [9.17, 15) is 0 Å². The first-order chi connectivity index (χ1) is 9.40. The van der Waals surface area contributed by atoms with Crippen LogP contribution in [0.2, 0.25) is 0 Å². The Morgan fingerprint density at radius 2 is 2.05 bits per heavy atom. The van der Waals surface area contributed by atoms with Crippen LogP contribution in [0.3, 0.4) is 0 Å². The molecule has 2 saturated heterocycles. The second kappa shape index (κ2) is 6.75. The Kier molecular flexibility index (Phi) is 4.77. The molecule has 5 heteroatoms. The van der Waals surface area contributed by atoms with Gasteiger partial charge in [0.2, 0.25) is 5.89 Å². The minimum absolute atomic E-state index is 0.685. The number of rotatable bonds is 4. The minimum atomic E-state index is 0.685. The van der Waals surface area contributed by atoms with Gasteiger partial charge in [-0.05, 0) is 62.1 Å². The van der Waals surface area contributed by atoms with Crippen LogP contribution in [0.1, 0.15) is 37.4 Å². The van der Waals surface area contributed by atoms with Crippen LogP contribution in [-0.2, 0) is 12.8 Å². The third kappa shape index (κ3) is 3.96. The molecular weight excluding hydrogens is 258 g/mol. The molecule has 106 valence electrons. The molecule has 2 aliphatic rings. The van der Waals surface area contributed by atoms with Gasteiger partial charge in [0.1, 0.15) is 0 Å². The number of nitrogens with zero attached hydrogens (tertiary/aromatic N) is 2. The van der Waals surface area contributed by atoms with E-state index < -0.39 is 0 Å². The molecule has 0 spiro atoms. The van der Waals surface area contributed by atoms with Gasteiger partial charge < -0.3 is 9.84 Å². The molecule has 4 nitrogen and oxygen atoms in total. The Morgan fingerprint density at radius 1 is 1.16 bits per heavy atom. The van der Waals surface area contributed by atoms with E-state index in [0.29, 0.717) is 5.92 Å². The highest BCUT2D eigenvalue weighted by molar-refractivity contribution is 7.99. The average Bonchev–Trinajstić information content (AvgIpc) is 2.88. The molecule has 19 heavy (non-hydrogen) atoms. The van der Waals surface area contributed by atoms with E-state index in [0.717, 1.165) is 43.6 Å². The van der Waals surface area contributed by atoms with Crippen LogP contribution in [-0.4, -0.2) is 34.7 Å². The Hall–Kier alpha value is -0.550. The molecule has 1 atom stereocenters. The number of nitrogens with one attached hydrogen (secondary N) is 1. The molecule has 2 aliphatic heterocycles. The number of hydrogen-bond donors (Lipinski definition) is 1. The first-order valence-electron chi connectivity index (χ1n) is 7.50. The van der Waals surface area contributed by atoms with Gasteiger partial charge in [-0.2, -0.15) is 16.7 Å². The lowest BCUT2D eigenvalue weighted by molar-refractivity contribution is 0.333. The lowest BCUT2D eigenvalue weighted by Gasteiger charge is -2.21. The number of hydrogen-bond acceptors (Lipinski definition) is 5. The molecule has 1 aromatic rings. The molecule has 0 aromatic carbocycles.